The predicted molar refractivity (Wildman–Crippen MR) is 171 cm³/mol. The maximum absolute atomic E-state index is 13.7. The van der Waals surface area contributed by atoms with Crippen molar-refractivity contribution in [3.8, 4) is 17.2 Å². The zero-order valence-corrected chi connectivity index (χ0v) is 25.3. The van der Waals surface area contributed by atoms with Gasteiger partial charge >= 0.3 is 0 Å². The number of methoxy groups -OCH3 is 2. The Balaban J connectivity index is 1.25. The highest BCUT2D eigenvalue weighted by atomic mass is 32.2. The largest absolute Gasteiger partial charge is 0.493 e. The first kappa shape index (κ1) is 31.0. The van der Waals surface area contributed by atoms with Gasteiger partial charge in [0.2, 0.25) is 0 Å². The van der Waals surface area contributed by atoms with Gasteiger partial charge in [-0.05, 0) is 82.6 Å². The number of ether oxygens (including phenoxy) is 3. The summed E-state index contributed by atoms with van der Waals surface area (Å²) in [4.78, 5) is 12.7. The number of benzene rings is 5. The van der Waals surface area contributed by atoms with Crippen LogP contribution in [0.3, 0.4) is 0 Å². The Morgan fingerprint density at radius 3 is 2.31 bits per heavy atom. The number of nitrogens with zero attached hydrogens (tertiary/aromatic N) is 2. The first-order valence-electron chi connectivity index (χ1n) is 13.8. The van der Waals surface area contributed by atoms with Crippen LogP contribution in [-0.4, -0.2) is 41.3 Å². The smallest absolute Gasteiger partial charge is 0.264 e. The lowest BCUT2D eigenvalue weighted by Crippen LogP contribution is -2.39. The molecular weight excluding hydrogens is 597 g/mol. The van der Waals surface area contributed by atoms with Crippen LogP contribution in [0.2, 0.25) is 0 Å². The van der Waals surface area contributed by atoms with Crippen LogP contribution in [0.15, 0.2) is 119 Å². The first-order valence-corrected chi connectivity index (χ1v) is 15.2. The molecule has 0 aromatic heterocycles. The van der Waals surface area contributed by atoms with E-state index in [0.717, 1.165) is 32.8 Å². The zero-order valence-electron chi connectivity index (χ0n) is 24.5. The third-order valence-electron chi connectivity index (χ3n) is 6.90. The van der Waals surface area contributed by atoms with Crippen molar-refractivity contribution in [2.24, 2.45) is 5.10 Å². The SMILES string of the molecule is COc1ccc(S(=O)(=O)N(CC(=O)N/N=C\c2ccc(OCc3cccc4ccccc34)cc2)c2ccc(F)cc2)cc1OC. The van der Waals surface area contributed by atoms with Crippen molar-refractivity contribution in [3.63, 3.8) is 0 Å². The van der Waals surface area contributed by atoms with Crippen LogP contribution in [0.1, 0.15) is 11.1 Å². The Morgan fingerprint density at radius 2 is 1.58 bits per heavy atom. The van der Waals surface area contributed by atoms with Gasteiger partial charge in [0.05, 0.1) is 31.0 Å². The van der Waals surface area contributed by atoms with Crippen molar-refractivity contribution in [1.29, 1.82) is 0 Å². The highest BCUT2D eigenvalue weighted by molar-refractivity contribution is 7.92. The molecule has 5 aromatic carbocycles. The van der Waals surface area contributed by atoms with Crippen molar-refractivity contribution in [2.75, 3.05) is 25.1 Å². The van der Waals surface area contributed by atoms with Crippen molar-refractivity contribution in [3.05, 3.63) is 126 Å². The molecule has 0 atom stereocenters. The second-order valence-electron chi connectivity index (χ2n) is 9.79. The van der Waals surface area contributed by atoms with E-state index in [1.54, 1.807) is 24.3 Å². The van der Waals surface area contributed by atoms with Gasteiger partial charge < -0.3 is 14.2 Å². The zero-order chi connectivity index (χ0) is 31.8. The Bertz CT molecular complexity index is 1930. The lowest BCUT2D eigenvalue weighted by atomic mass is 10.1. The van der Waals surface area contributed by atoms with Gasteiger partial charge in [-0.3, -0.25) is 9.10 Å². The number of carbonyl (C=O) groups is 1. The summed E-state index contributed by atoms with van der Waals surface area (Å²) in [5.41, 5.74) is 4.20. The minimum absolute atomic E-state index is 0.0874. The number of hydrogen-bond acceptors (Lipinski definition) is 7. The number of fused-ring (bicyclic) bond motifs is 1. The van der Waals surface area contributed by atoms with E-state index in [1.165, 1.54) is 50.8 Å². The number of nitrogens with one attached hydrogen (secondary N) is 1. The van der Waals surface area contributed by atoms with Gasteiger partial charge in [-0.2, -0.15) is 5.10 Å². The molecule has 0 bridgehead atoms. The molecule has 11 heteroatoms. The Kier molecular flexibility index (Phi) is 9.59. The fourth-order valence-electron chi connectivity index (χ4n) is 4.60. The number of sulfonamides is 1. The third-order valence-corrected chi connectivity index (χ3v) is 8.67. The fraction of sp³-hybridized carbons (Fsp3) is 0.118. The van der Waals surface area contributed by atoms with Gasteiger partial charge in [-0.1, -0.05) is 42.5 Å². The van der Waals surface area contributed by atoms with Gasteiger partial charge in [0.1, 0.15) is 24.7 Å². The normalized spacial score (nSPS) is 11.4. The second kappa shape index (κ2) is 13.9. The summed E-state index contributed by atoms with van der Waals surface area (Å²) >= 11 is 0. The van der Waals surface area contributed by atoms with Crippen molar-refractivity contribution >= 4 is 38.6 Å². The van der Waals surface area contributed by atoms with Crippen LogP contribution in [0.4, 0.5) is 10.1 Å². The molecule has 0 saturated heterocycles. The minimum atomic E-state index is -4.29. The predicted octanol–water partition coefficient (Wildman–Crippen LogP) is 5.92. The lowest BCUT2D eigenvalue weighted by Gasteiger charge is -2.24. The molecule has 0 heterocycles. The summed E-state index contributed by atoms with van der Waals surface area (Å²) in [5, 5.41) is 6.26. The molecule has 0 unspecified atom stereocenters. The molecule has 1 N–H and O–H groups in total. The lowest BCUT2D eigenvalue weighted by molar-refractivity contribution is -0.119. The van der Waals surface area contributed by atoms with E-state index in [2.05, 4.69) is 28.7 Å². The molecule has 5 rings (SSSR count). The van der Waals surface area contributed by atoms with E-state index in [-0.39, 0.29) is 16.3 Å². The number of rotatable bonds is 12. The molecule has 0 spiro atoms. The van der Waals surface area contributed by atoms with E-state index < -0.39 is 28.3 Å². The average Bonchev–Trinajstić information content (AvgIpc) is 3.07. The van der Waals surface area contributed by atoms with E-state index in [0.29, 0.717) is 23.7 Å². The quantitative estimate of drug-likeness (QED) is 0.136. The van der Waals surface area contributed by atoms with E-state index >= 15 is 0 Å². The average molecular weight is 628 g/mol. The Hall–Kier alpha value is -5.42. The molecule has 0 saturated carbocycles. The molecular formula is C34H30FN3O6S. The van der Waals surface area contributed by atoms with E-state index in [4.69, 9.17) is 14.2 Å². The van der Waals surface area contributed by atoms with Crippen LogP contribution in [-0.2, 0) is 21.4 Å². The van der Waals surface area contributed by atoms with Crippen LogP contribution >= 0.6 is 0 Å². The van der Waals surface area contributed by atoms with Gasteiger partial charge in [0.25, 0.3) is 15.9 Å². The summed E-state index contributed by atoms with van der Waals surface area (Å²) < 4.78 is 58.2. The number of amides is 1. The van der Waals surface area contributed by atoms with Gasteiger partial charge in [0.15, 0.2) is 11.5 Å². The van der Waals surface area contributed by atoms with Gasteiger partial charge in [-0.25, -0.2) is 18.2 Å². The van der Waals surface area contributed by atoms with Crippen molar-refractivity contribution < 1.29 is 31.8 Å². The van der Waals surface area contributed by atoms with Gasteiger partial charge in [-0.15, -0.1) is 0 Å². The second-order valence-corrected chi connectivity index (χ2v) is 11.7. The molecule has 5 aromatic rings. The van der Waals surface area contributed by atoms with Crippen LogP contribution in [0.5, 0.6) is 17.2 Å². The van der Waals surface area contributed by atoms with Crippen molar-refractivity contribution in [2.45, 2.75) is 11.5 Å². The molecule has 9 nitrogen and oxygen atoms in total. The van der Waals surface area contributed by atoms with Crippen molar-refractivity contribution in [1.82, 2.24) is 5.43 Å². The van der Waals surface area contributed by atoms with Gasteiger partial charge in [0, 0.05) is 6.07 Å². The maximum Gasteiger partial charge on any atom is 0.264 e. The highest BCUT2D eigenvalue weighted by Gasteiger charge is 2.28. The summed E-state index contributed by atoms with van der Waals surface area (Å²) in [6, 6.07) is 30.2. The minimum Gasteiger partial charge on any atom is -0.493 e. The Labute approximate surface area is 260 Å². The third kappa shape index (κ3) is 7.39. The molecule has 0 aliphatic heterocycles. The Morgan fingerprint density at radius 1 is 0.867 bits per heavy atom. The summed E-state index contributed by atoms with van der Waals surface area (Å²) in [6.45, 7) is -0.220. The summed E-state index contributed by atoms with van der Waals surface area (Å²) in [7, 11) is -1.48. The number of carbonyl (C=O) groups excluding carboxylic acids is 1. The molecule has 0 radical (unpaired) electrons. The molecule has 0 fully saturated rings. The summed E-state index contributed by atoms with van der Waals surface area (Å²) in [5.74, 6) is -0.0757. The number of anilines is 1. The highest BCUT2D eigenvalue weighted by Crippen LogP contribution is 2.32. The number of halogens is 1. The maximum atomic E-state index is 13.7. The van der Waals surface area contributed by atoms with Crippen LogP contribution in [0, 0.1) is 5.82 Å². The first-order chi connectivity index (χ1) is 21.8. The topological polar surface area (TPSA) is 107 Å². The summed E-state index contributed by atoms with van der Waals surface area (Å²) in [6.07, 6.45) is 1.43. The molecule has 230 valence electrons. The van der Waals surface area contributed by atoms with E-state index in [9.17, 15) is 17.6 Å². The monoisotopic (exact) mass is 627 g/mol. The molecule has 0 aliphatic rings. The fourth-order valence-corrected chi connectivity index (χ4v) is 6.04. The van der Waals surface area contributed by atoms with E-state index in [1.807, 2.05) is 24.3 Å². The molecule has 0 aliphatic carbocycles. The van der Waals surface area contributed by atoms with Crippen LogP contribution < -0.4 is 23.9 Å². The van der Waals surface area contributed by atoms with Crippen LogP contribution in [0.25, 0.3) is 10.8 Å². The number of hydrazone groups is 1. The number of hydrogen-bond donors (Lipinski definition) is 1. The standard InChI is InChI=1S/C34H30FN3O6S/c1-42-32-19-18-30(20-33(32)43-2)45(40,41)38(28-14-12-27(35)13-15-28)22-34(39)37-36-21-24-10-16-29(17-11-24)44-23-26-8-5-7-25-6-3-4-9-31(25)26/h3-21H,22-23H2,1-2H3,(H,37,39)/b36-21-. The molecule has 45 heavy (non-hydrogen) atoms. The molecule has 1 amide bonds.